The predicted octanol–water partition coefficient (Wildman–Crippen LogP) is 7.37. The highest BCUT2D eigenvalue weighted by molar-refractivity contribution is 8.05. The number of aromatic nitrogens is 2. The minimum atomic E-state index is -0.187. The topological polar surface area (TPSA) is 47.4 Å². The van der Waals surface area contributed by atoms with Crippen LogP contribution in [0.2, 0.25) is 0 Å². The van der Waals surface area contributed by atoms with Gasteiger partial charge in [0.05, 0.1) is 23.4 Å². The first-order valence-electron chi connectivity index (χ1n) is 12.3. The highest BCUT2D eigenvalue weighted by atomic mass is 32.2. The summed E-state index contributed by atoms with van der Waals surface area (Å²) in [6, 6.07) is 37.8. The van der Waals surface area contributed by atoms with Gasteiger partial charge in [-0.3, -0.25) is 9.69 Å². The summed E-state index contributed by atoms with van der Waals surface area (Å²) >= 11 is 1.56. The van der Waals surface area contributed by atoms with Gasteiger partial charge in [-0.1, -0.05) is 90.6 Å². The SMILES string of the molecule is COc1ccc(N2C(=O)C(=Cc3cn(-c4ccccc4)nc3-c3ccccc3)SC2c2ccccc2)cc1. The van der Waals surface area contributed by atoms with Crippen molar-refractivity contribution < 1.29 is 9.53 Å². The van der Waals surface area contributed by atoms with Crippen LogP contribution in [-0.4, -0.2) is 22.8 Å². The monoisotopic (exact) mass is 515 g/mol. The van der Waals surface area contributed by atoms with E-state index in [1.54, 1.807) is 18.9 Å². The van der Waals surface area contributed by atoms with Crippen LogP contribution >= 0.6 is 11.8 Å². The first-order chi connectivity index (χ1) is 18.7. The predicted molar refractivity (Wildman–Crippen MR) is 154 cm³/mol. The first kappa shape index (κ1) is 23.8. The molecule has 1 saturated heterocycles. The minimum Gasteiger partial charge on any atom is -0.497 e. The van der Waals surface area contributed by atoms with Gasteiger partial charge in [-0.05, 0) is 48.0 Å². The molecule has 1 aromatic heterocycles. The molecule has 0 bridgehead atoms. The molecule has 0 N–H and O–H groups in total. The standard InChI is InChI=1S/C32H25N3O2S/c1-37-28-19-17-27(18-20-28)35-31(36)29(38-32(35)24-13-7-3-8-14-24)21-25-22-34(26-15-9-4-10-16-26)33-30(25)23-11-5-2-6-12-23/h2-22,32H,1H3. The molecule has 1 fully saturated rings. The average Bonchev–Trinajstić information content (AvgIpc) is 3.56. The quantitative estimate of drug-likeness (QED) is 0.222. The Kier molecular flexibility index (Phi) is 6.54. The number of thioether (sulfide) groups is 1. The van der Waals surface area contributed by atoms with E-state index < -0.39 is 0 Å². The lowest BCUT2D eigenvalue weighted by molar-refractivity contribution is -0.114. The normalized spacial score (nSPS) is 16.2. The molecule has 6 heteroatoms. The lowest BCUT2D eigenvalue weighted by Crippen LogP contribution is -2.27. The molecule has 2 heterocycles. The van der Waals surface area contributed by atoms with Crippen LogP contribution in [0.15, 0.2) is 126 Å². The van der Waals surface area contributed by atoms with Crippen molar-refractivity contribution in [3.63, 3.8) is 0 Å². The molecule has 4 aromatic carbocycles. The van der Waals surface area contributed by atoms with E-state index in [4.69, 9.17) is 9.84 Å². The second kappa shape index (κ2) is 10.4. The number of hydrogen-bond acceptors (Lipinski definition) is 4. The molecule has 6 rings (SSSR count). The molecule has 1 amide bonds. The van der Waals surface area contributed by atoms with Gasteiger partial charge in [0.15, 0.2) is 0 Å². The number of carbonyl (C=O) groups is 1. The van der Waals surface area contributed by atoms with Crippen molar-refractivity contribution in [3.05, 3.63) is 137 Å². The number of carbonyl (C=O) groups excluding carboxylic acids is 1. The number of amides is 1. The van der Waals surface area contributed by atoms with Crippen LogP contribution in [0.3, 0.4) is 0 Å². The van der Waals surface area contributed by atoms with Crippen LogP contribution in [0.4, 0.5) is 5.69 Å². The number of para-hydroxylation sites is 1. The van der Waals surface area contributed by atoms with E-state index in [1.165, 1.54) is 0 Å². The van der Waals surface area contributed by atoms with Crippen LogP contribution in [0.5, 0.6) is 5.75 Å². The van der Waals surface area contributed by atoms with E-state index in [2.05, 4.69) is 12.1 Å². The highest BCUT2D eigenvalue weighted by Gasteiger charge is 2.38. The van der Waals surface area contributed by atoms with E-state index >= 15 is 0 Å². The minimum absolute atomic E-state index is 0.0412. The Hall–Kier alpha value is -4.55. The molecule has 1 aliphatic heterocycles. The van der Waals surface area contributed by atoms with Crippen LogP contribution in [0, 0.1) is 0 Å². The van der Waals surface area contributed by atoms with E-state index in [-0.39, 0.29) is 11.3 Å². The van der Waals surface area contributed by atoms with Crippen molar-refractivity contribution in [2.24, 2.45) is 0 Å². The number of ether oxygens (including phenoxy) is 1. The van der Waals surface area contributed by atoms with Crippen molar-refractivity contribution in [1.82, 2.24) is 9.78 Å². The number of anilines is 1. The summed E-state index contributed by atoms with van der Waals surface area (Å²) in [6.07, 6.45) is 3.97. The molecule has 0 saturated carbocycles. The van der Waals surface area contributed by atoms with Gasteiger partial charge < -0.3 is 4.74 Å². The Bertz CT molecular complexity index is 1580. The summed E-state index contributed by atoms with van der Waals surface area (Å²) in [5.41, 5.74) is 5.56. The van der Waals surface area contributed by atoms with Gasteiger partial charge in [0.1, 0.15) is 11.1 Å². The van der Waals surface area contributed by atoms with Gasteiger partial charge in [0.25, 0.3) is 5.91 Å². The number of rotatable bonds is 6. The van der Waals surface area contributed by atoms with Gasteiger partial charge in [-0.25, -0.2) is 4.68 Å². The van der Waals surface area contributed by atoms with E-state index in [0.29, 0.717) is 4.91 Å². The van der Waals surface area contributed by atoms with Gasteiger partial charge >= 0.3 is 0 Å². The van der Waals surface area contributed by atoms with Gasteiger partial charge in [0.2, 0.25) is 0 Å². The molecule has 186 valence electrons. The summed E-state index contributed by atoms with van der Waals surface area (Å²) in [5, 5.41) is 4.73. The van der Waals surface area contributed by atoms with Crippen LogP contribution in [-0.2, 0) is 4.79 Å². The van der Waals surface area contributed by atoms with Gasteiger partial charge in [-0.2, -0.15) is 5.10 Å². The molecule has 0 aliphatic carbocycles. The van der Waals surface area contributed by atoms with E-state index in [9.17, 15) is 4.79 Å². The Morgan fingerprint density at radius 1 is 0.789 bits per heavy atom. The summed E-state index contributed by atoms with van der Waals surface area (Å²) in [4.78, 5) is 16.5. The fraction of sp³-hybridized carbons (Fsp3) is 0.0625. The zero-order chi connectivity index (χ0) is 25.9. The lowest BCUT2D eigenvalue weighted by atomic mass is 10.1. The molecule has 0 spiro atoms. The summed E-state index contributed by atoms with van der Waals surface area (Å²) < 4.78 is 7.20. The molecular weight excluding hydrogens is 490 g/mol. The van der Waals surface area contributed by atoms with Crippen molar-refractivity contribution >= 4 is 29.4 Å². The van der Waals surface area contributed by atoms with Gasteiger partial charge in [-0.15, -0.1) is 0 Å². The number of nitrogens with zero attached hydrogens (tertiary/aromatic N) is 3. The number of hydrogen-bond donors (Lipinski definition) is 0. The Morgan fingerprint density at radius 2 is 1.42 bits per heavy atom. The summed E-state index contributed by atoms with van der Waals surface area (Å²) in [5.74, 6) is 0.710. The zero-order valence-corrected chi connectivity index (χ0v) is 21.6. The molecule has 1 aliphatic rings. The van der Waals surface area contributed by atoms with E-state index in [0.717, 1.165) is 39.5 Å². The van der Waals surface area contributed by atoms with Crippen molar-refractivity contribution in [1.29, 1.82) is 0 Å². The maximum absolute atomic E-state index is 14.0. The largest absolute Gasteiger partial charge is 0.497 e. The highest BCUT2D eigenvalue weighted by Crippen LogP contribution is 2.48. The molecule has 0 radical (unpaired) electrons. The maximum atomic E-state index is 14.0. The first-order valence-corrected chi connectivity index (χ1v) is 13.2. The second-order valence-corrected chi connectivity index (χ2v) is 9.96. The number of methoxy groups -OCH3 is 1. The molecule has 1 unspecified atom stereocenters. The molecule has 5 nitrogen and oxygen atoms in total. The molecule has 1 atom stereocenters. The lowest BCUT2D eigenvalue weighted by Gasteiger charge is -2.24. The fourth-order valence-electron chi connectivity index (χ4n) is 4.54. The summed E-state index contributed by atoms with van der Waals surface area (Å²) in [7, 11) is 1.64. The van der Waals surface area contributed by atoms with E-state index in [1.807, 2.05) is 125 Å². The fourth-order valence-corrected chi connectivity index (χ4v) is 5.79. The van der Waals surface area contributed by atoms with Crippen molar-refractivity contribution in [2.45, 2.75) is 5.37 Å². The molecule has 38 heavy (non-hydrogen) atoms. The average molecular weight is 516 g/mol. The third-order valence-electron chi connectivity index (χ3n) is 6.44. The van der Waals surface area contributed by atoms with Crippen LogP contribution in [0.25, 0.3) is 23.0 Å². The second-order valence-electron chi connectivity index (χ2n) is 8.84. The molecule has 5 aromatic rings. The maximum Gasteiger partial charge on any atom is 0.266 e. The number of benzene rings is 4. The van der Waals surface area contributed by atoms with Crippen LogP contribution in [0.1, 0.15) is 16.5 Å². The zero-order valence-electron chi connectivity index (χ0n) is 20.8. The molecular formula is C32H25N3O2S. The Morgan fingerprint density at radius 3 is 2.08 bits per heavy atom. The third-order valence-corrected chi connectivity index (χ3v) is 7.69. The van der Waals surface area contributed by atoms with Crippen molar-refractivity contribution in [2.75, 3.05) is 12.0 Å². The van der Waals surface area contributed by atoms with Crippen molar-refractivity contribution in [3.8, 4) is 22.7 Å². The third kappa shape index (κ3) is 4.62. The Balaban J connectivity index is 1.45. The Labute approximate surface area is 226 Å². The summed E-state index contributed by atoms with van der Waals surface area (Å²) in [6.45, 7) is 0. The smallest absolute Gasteiger partial charge is 0.266 e. The van der Waals surface area contributed by atoms with Crippen LogP contribution < -0.4 is 9.64 Å². The van der Waals surface area contributed by atoms with Gasteiger partial charge in [0, 0.05) is 23.0 Å².